The van der Waals surface area contributed by atoms with Crippen LogP contribution in [0.15, 0.2) is 18.3 Å². The Kier molecular flexibility index (Phi) is 4.16. The number of aromatic nitrogens is 1. The minimum Gasteiger partial charge on any atom is -0.479 e. The molecule has 2 atom stereocenters. The lowest BCUT2D eigenvalue weighted by molar-refractivity contribution is -0.149. The molecule has 7 nitrogen and oxygen atoms in total. The van der Waals surface area contributed by atoms with Crippen molar-refractivity contribution in [2.45, 2.75) is 24.6 Å². The highest BCUT2D eigenvalue weighted by Gasteiger charge is 2.47. The maximum atomic E-state index is 14.1. The summed E-state index contributed by atoms with van der Waals surface area (Å²) in [6, 6.07) is 2.99. The van der Waals surface area contributed by atoms with E-state index in [1.165, 1.54) is 23.2 Å². The van der Waals surface area contributed by atoms with E-state index in [2.05, 4.69) is 4.98 Å². The predicted octanol–water partition coefficient (Wildman–Crippen LogP) is 0.888. The first-order valence-electron chi connectivity index (χ1n) is 7.40. The highest BCUT2D eigenvalue weighted by Crippen LogP contribution is 2.27. The van der Waals surface area contributed by atoms with E-state index < -0.39 is 24.1 Å². The van der Waals surface area contributed by atoms with E-state index in [0.29, 0.717) is 24.7 Å². The van der Waals surface area contributed by atoms with Crippen LogP contribution < -0.4 is 4.74 Å². The molecule has 2 aliphatic rings. The van der Waals surface area contributed by atoms with Gasteiger partial charge in [-0.3, -0.25) is 4.79 Å². The molecule has 2 unspecified atom stereocenters. The summed E-state index contributed by atoms with van der Waals surface area (Å²) in [5.74, 6) is -1.66. The zero-order valence-corrected chi connectivity index (χ0v) is 12.4. The quantitative estimate of drug-likeness (QED) is 0.885. The largest absolute Gasteiger partial charge is 0.479 e. The number of amides is 1. The molecule has 0 bridgehead atoms. The Morgan fingerprint density at radius 3 is 3.00 bits per heavy atom. The Labute approximate surface area is 132 Å². The van der Waals surface area contributed by atoms with Crippen LogP contribution in [0, 0.1) is 0 Å². The normalized spacial score (nSPS) is 27.2. The van der Waals surface area contributed by atoms with E-state index in [4.69, 9.17) is 14.6 Å². The van der Waals surface area contributed by atoms with Gasteiger partial charge >= 0.3 is 5.97 Å². The molecule has 2 fully saturated rings. The van der Waals surface area contributed by atoms with Crippen LogP contribution >= 0.6 is 0 Å². The molecule has 23 heavy (non-hydrogen) atoms. The number of halogens is 1. The van der Waals surface area contributed by atoms with Crippen LogP contribution in [0.1, 0.15) is 23.2 Å². The molecule has 2 aliphatic heterocycles. The summed E-state index contributed by atoms with van der Waals surface area (Å²) in [6.45, 7) is 0.729. The number of likely N-dealkylation sites (tertiary alicyclic amines) is 1. The highest BCUT2D eigenvalue weighted by atomic mass is 19.1. The Bertz CT molecular complexity index is 620. The molecule has 124 valence electrons. The zero-order chi connectivity index (χ0) is 16.4. The van der Waals surface area contributed by atoms with Gasteiger partial charge in [-0.25, -0.2) is 14.2 Å². The molecule has 0 aliphatic carbocycles. The number of ether oxygens (including phenoxy) is 2. The lowest BCUT2D eigenvalue weighted by Gasteiger charge is -2.18. The summed E-state index contributed by atoms with van der Waals surface area (Å²) in [5.41, 5.74) is -2.08. The first-order valence-corrected chi connectivity index (χ1v) is 7.40. The summed E-state index contributed by atoms with van der Waals surface area (Å²) in [7, 11) is 0. The fourth-order valence-corrected chi connectivity index (χ4v) is 2.69. The monoisotopic (exact) mass is 324 g/mol. The number of hydrogen-bond acceptors (Lipinski definition) is 5. The second-order valence-corrected chi connectivity index (χ2v) is 5.73. The van der Waals surface area contributed by atoms with Gasteiger partial charge in [0.25, 0.3) is 5.91 Å². The van der Waals surface area contributed by atoms with Crippen LogP contribution in [0.2, 0.25) is 0 Å². The third-order valence-corrected chi connectivity index (χ3v) is 4.05. The van der Waals surface area contributed by atoms with E-state index in [-0.39, 0.29) is 19.1 Å². The number of carbonyl (C=O) groups excluding carboxylic acids is 1. The summed E-state index contributed by atoms with van der Waals surface area (Å²) in [5, 5.41) is 8.89. The van der Waals surface area contributed by atoms with Crippen LogP contribution in [0.3, 0.4) is 0 Å². The zero-order valence-electron chi connectivity index (χ0n) is 12.4. The fraction of sp³-hybridized carbons (Fsp3) is 0.533. The minimum atomic E-state index is -2.37. The van der Waals surface area contributed by atoms with E-state index in [1.54, 1.807) is 0 Å². The molecule has 1 amide bonds. The van der Waals surface area contributed by atoms with Gasteiger partial charge in [-0.15, -0.1) is 0 Å². The standard InChI is InChI=1S/C15H17FN2O5/c16-15(14(20)21)3-5-18(9-15)13(19)10-1-4-17-12(7-10)23-11-2-6-22-8-11/h1,4,7,11H,2-3,5-6,8-9H2,(H,20,21). The lowest BCUT2D eigenvalue weighted by Crippen LogP contribution is -2.38. The van der Waals surface area contributed by atoms with Crippen molar-refractivity contribution >= 4 is 11.9 Å². The van der Waals surface area contributed by atoms with Crippen molar-refractivity contribution in [3.8, 4) is 5.88 Å². The second-order valence-electron chi connectivity index (χ2n) is 5.73. The fourth-order valence-electron chi connectivity index (χ4n) is 2.69. The summed E-state index contributed by atoms with van der Waals surface area (Å²) >= 11 is 0. The molecule has 8 heteroatoms. The third kappa shape index (κ3) is 3.26. The van der Waals surface area contributed by atoms with Gasteiger partial charge in [0.05, 0.1) is 19.8 Å². The smallest absolute Gasteiger partial charge is 0.343 e. The van der Waals surface area contributed by atoms with Crippen molar-refractivity contribution < 1.29 is 28.6 Å². The molecule has 0 spiro atoms. The number of nitrogens with zero attached hydrogens (tertiary/aromatic N) is 2. The highest BCUT2D eigenvalue weighted by molar-refractivity contribution is 5.95. The number of aliphatic carboxylic acids is 1. The lowest BCUT2D eigenvalue weighted by atomic mass is 10.1. The van der Waals surface area contributed by atoms with Crippen molar-refractivity contribution in [3.05, 3.63) is 23.9 Å². The van der Waals surface area contributed by atoms with Crippen molar-refractivity contribution in [2.75, 3.05) is 26.3 Å². The van der Waals surface area contributed by atoms with E-state index in [9.17, 15) is 14.0 Å². The van der Waals surface area contributed by atoms with Gasteiger partial charge in [0.1, 0.15) is 6.10 Å². The van der Waals surface area contributed by atoms with Crippen molar-refractivity contribution in [1.82, 2.24) is 9.88 Å². The molecule has 1 N–H and O–H groups in total. The van der Waals surface area contributed by atoms with Gasteiger partial charge < -0.3 is 19.5 Å². The molecule has 1 aromatic rings. The average Bonchev–Trinajstić information content (AvgIpc) is 3.17. The molecule has 0 aromatic carbocycles. The first kappa shape index (κ1) is 15.7. The average molecular weight is 324 g/mol. The molecule has 0 radical (unpaired) electrons. The number of pyridine rings is 1. The number of carboxylic acids is 1. The number of carbonyl (C=O) groups is 2. The van der Waals surface area contributed by atoms with Crippen molar-refractivity contribution in [3.63, 3.8) is 0 Å². The van der Waals surface area contributed by atoms with Crippen LogP contribution in [-0.4, -0.2) is 64.9 Å². The van der Waals surface area contributed by atoms with E-state index in [1.807, 2.05) is 0 Å². The van der Waals surface area contributed by atoms with Crippen LogP contribution in [-0.2, 0) is 9.53 Å². The topological polar surface area (TPSA) is 89.0 Å². The Morgan fingerprint density at radius 2 is 2.35 bits per heavy atom. The van der Waals surface area contributed by atoms with Gasteiger partial charge in [0.2, 0.25) is 11.5 Å². The van der Waals surface area contributed by atoms with Crippen molar-refractivity contribution in [1.29, 1.82) is 0 Å². The van der Waals surface area contributed by atoms with Gasteiger partial charge in [0.15, 0.2) is 0 Å². The SMILES string of the molecule is O=C(c1ccnc(OC2CCOC2)c1)N1CCC(F)(C(=O)O)C1. The van der Waals surface area contributed by atoms with Crippen LogP contribution in [0.25, 0.3) is 0 Å². The Balaban J connectivity index is 1.69. The van der Waals surface area contributed by atoms with Gasteiger partial charge in [-0.1, -0.05) is 0 Å². The molecule has 3 heterocycles. The Morgan fingerprint density at radius 1 is 1.52 bits per heavy atom. The molecular formula is C15H17FN2O5. The summed E-state index contributed by atoms with van der Waals surface area (Å²) in [6.07, 6.45) is 1.90. The maximum Gasteiger partial charge on any atom is 0.343 e. The molecule has 2 saturated heterocycles. The minimum absolute atomic E-state index is 0.0661. The molecular weight excluding hydrogens is 307 g/mol. The predicted molar refractivity (Wildman–Crippen MR) is 76.1 cm³/mol. The number of hydrogen-bond donors (Lipinski definition) is 1. The van der Waals surface area contributed by atoms with Gasteiger partial charge in [-0.05, 0) is 6.07 Å². The summed E-state index contributed by atoms with van der Waals surface area (Å²) in [4.78, 5) is 28.6. The number of rotatable bonds is 4. The molecule has 1 aromatic heterocycles. The second kappa shape index (κ2) is 6.11. The third-order valence-electron chi connectivity index (χ3n) is 4.05. The number of alkyl halides is 1. The molecule has 3 rings (SSSR count). The van der Waals surface area contributed by atoms with E-state index >= 15 is 0 Å². The van der Waals surface area contributed by atoms with Gasteiger partial charge in [0, 0.05) is 37.2 Å². The van der Waals surface area contributed by atoms with Crippen LogP contribution in [0.4, 0.5) is 4.39 Å². The first-order chi connectivity index (χ1) is 11.0. The number of carboxylic acid groups (broad SMARTS) is 1. The van der Waals surface area contributed by atoms with Gasteiger partial charge in [-0.2, -0.15) is 0 Å². The van der Waals surface area contributed by atoms with E-state index in [0.717, 1.165) is 6.42 Å². The van der Waals surface area contributed by atoms with Crippen LogP contribution in [0.5, 0.6) is 5.88 Å². The Hall–Kier alpha value is -2.22. The maximum absolute atomic E-state index is 14.1. The summed E-state index contributed by atoms with van der Waals surface area (Å²) < 4.78 is 24.9. The van der Waals surface area contributed by atoms with Crippen molar-refractivity contribution in [2.24, 2.45) is 0 Å². The molecule has 0 saturated carbocycles.